The summed E-state index contributed by atoms with van der Waals surface area (Å²) in [6.45, 7) is 0. The molecule has 0 radical (unpaired) electrons. The van der Waals surface area contributed by atoms with Crippen molar-refractivity contribution >= 4 is 22.4 Å². The first-order valence-electron chi connectivity index (χ1n) is 7.09. The van der Waals surface area contributed by atoms with Crippen molar-refractivity contribution in [1.29, 1.82) is 0 Å². The molecular weight excluding hydrogens is 244 g/mol. The number of rotatable bonds is 3. The van der Waals surface area contributed by atoms with Crippen molar-refractivity contribution < 1.29 is 4.79 Å². The average molecular weight is 264 g/mol. The van der Waals surface area contributed by atoms with Gasteiger partial charge in [0, 0.05) is 23.5 Å². The Bertz CT molecular complexity index is 394. The van der Waals surface area contributed by atoms with Crippen molar-refractivity contribution in [2.24, 2.45) is 5.92 Å². The normalized spacial score (nSPS) is 21.6. The summed E-state index contributed by atoms with van der Waals surface area (Å²) in [5.41, 5.74) is 0. The van der Waals surface area contributed by atoms with Crippen LogP contribution in [0.3, 0.4) is 0 Å². The highest BCUT2D eigenvalue weighted by Crippen LogP contribution is 2.35. The molecule has 0 bridgehead atoms. The summed E-state index contributed by atoms with van der Waals surface area (Å²) < 4.78 is 0. The number of nitrogens with zero attached hydrogens (tertiary/aromatic N) is 2. The van der Waals surface area contributed by atoms with Gasteiger partial charge in [-0.3, -0.25) is 9.69 Å². The second-order valence-corrected chi connectivity index (χ2v) is 6.32. The molecule has 0 unspecified atom stereocenters. The van der Waals surface area contributed by atoms with Crippen molar-refractivity contribution in [2.75, 3.05) is 4.90 Å². The Morgan fingerprint density at radius 3 is 2.50 bits per heavy atom. The molecule has 4 heteroatoms. The van der Waals surface area contributed by atoms with Crippen molar-refractivity contribution in [2.45, 2.75) is 57.4 Å². The molecule has 1 aromatic rings. The summed E-state index contributed by atoms with van der Waals surface area (Å²) in [5.74, 6) is 0.610. The van der Waals surface area contributed by atoms with Crippen LogP contribution in [0.1, 0.15) is 51.4 Å². The highest BCUT2D eigenvalue weighted by molar-refractivity contribution is 7.13. The van der Waals surface area contributed by atoms with Gasteiger partial charge in [-0.15, -0.1) is 11.3 Å². The van der Waals surface area contributed by atoms with E-state index in [1.807, 2.05) is 16.5 Å². The van der Waals surface area contributed by atoms with Gasteiger partial charge in [-0.25, -0.2) is 4.98 Å². The first kappa shape index (κ1) is 12.2. The maximum absolute atomic E-state index is 12.6. The molecule has 2 aliphatic carbocycles. The molecule has 2 saturated carbocycles. The third-order valence-corrected chi connectivity index (χ3v) is 5.03. The number of anilines is 1. The molecule has 3 nitrogen and oxygen atoms in total. The molecular formula is C14H20N2OS. The van der Waals surface area contributed by atoms with Crippen LogP contribution in [0.2, 0.25) is 0 Å². The largest absolute Gasteiger partial charge is 0.285 e. The van der Waals surface area contributed by atoms with E-state index in [2.05, 4.69) is 4.98 Å². The summed E-state index contributed by atoms with van der Waals surface area (Å²) in [6, 6.07) is 0.401. The topological polar surface area (TPSA) is 33.2 Å². The number of amides is 1. The van der Waals surface area contributed by atoms with Crippen LogP contribution >= 0.6 is 11.3 Å². The Morgan fingerprint density at radius 2 is 1.94 bits per heavy atom. The molecule has 0 saturated heterocycles. The number of aromatic nitrogens is 1. The SMILES string of the molecule is O=C(C1CCC1)N(c1nccs1)C1CCCCC1. The summed E-state index contributed by atoms with van der Waals surface area (Å²) in [7, 11) is 0. The van der Waals surface area contributed by atoms with Gasteiger partial charge in [-0.05, 0) is 25.7 Å². The lowest BCUT2D eigenvalue weighted by Crippen LogP contribution is -2.46. The van der Waals surface area contributed by atoms with E-state index in [9.17, 15) is 4.79 Å². The van der Waals surface area contributed by atoms with Gasteiger partial charge in [0.05, 0.1) is 0 Å². The smallest absolute Gasteiger partial charge is 0.232 e. The number of hydrogen-bond donors (Lipinski definition) is 0. The monoisotopic (exact) mass is 264 g/mol. The van der Waals surface area contributed by atoms with Gasteiger partial charge >= 0.3 is 0 Å². The average Bonchev–Trinajstić information content (AvgIpc) is 2.82. The van der Waals surface area contributed by atoms with E-state index in [0.29, 0.717) is 11.9 Å². The highest BCUT2D eigenvalue weighted by Gasteiger charge is 2.35. The lowest BCUT2D eigenvalue weighted by molar-refractivity contribution is -0.125. The van der Waals surface area contributed by atoms with Crippen LogP contribution in [0.25, 0.3) is 0 Å². The van der Waals surface area contributed by atoms with E-state index in [0.717, 1.165) is 30.8 Å². The quantitative estimate of drug-likeness (QED) is 0.835. The van der Waals surface area contributed by atoms with Crippen molar-refractivity contribution in [3.63, 3.8) is 0 Å². The molecule has 0 aliphatic heterocycles. The molecule has 0 N–H and O–H groups in total. The number of carbonyl (C=O) groups excluding carboxylic acids is 1. The molecule has 98 valence electrons. The molecule has 2 fully saturated rings. The van der Waals surface area contributed by atoms with Crippen LogP contribution in [-0.4, -0.2) is 16.9 Å². The predicted molar refractivity (Wildman–Crippen MR) is 73.8 cm³/mol. The zero-order valence-electron chi connectivity index (χ0n) is 10.7. The van der Waals surface area contributed by atoms with E-state index < -0.39 is 0 Å². The summed E-state index contributed by atoms with van der Waals surface area (Å²) in [5, 5.41) is 2.89. The molecule has 18 heavy (non-hydrogen) atoms. The van der Waals surface area contributed by atoms with Crippen molar-refractivity contribution in [3.8, 4) is 0 Å². The first-order valence-corrected chi connectivity index (χ1v) is 7.97. The Balaban J connectivity index is 1.80. The molecule has 0 spiro atoms. The zero-order valence-corrected chi connectivity index (χ0v) is 11.5. The maximum atomic E-state index is 12.6. The van der Waals surface area contributed by atoms with Gasteiger partial charge in [0.2, 0.25) is 5.91 Å². The second kappa shape index (κ2) is 5.39. The van der Waals surface area contributed by atoms with Crippen LogP contribution in [0, 0.1) is 5.92 Å². The third-order valence-electron chi connectivity index (χ3n) is 4.26. The minimum Gasteiger partial charge on any atom is -0.285 e. The van der Waals surface area contributed by atoms with E-state index in [-0.39, 0.29) is 5.92 Å². The molecule has 2 aliphatic rings. The fourth-order valence-corrected chi connectivity index (χ4v) is 3.67. The van der Waals surface area contributed by atoms with Crippen molar-refractivity contribution in [3.05, 3.63) is 11.6 Å². The summed E-state index contributed by atoms with van der Waals surface area (Å²) in [6.07, 6.45) is 11.3. The Morgan fingerprint density at radius 1 is 1.17 bits per heavy atom. The lowest BCUT2D eigenvalue weighted by Gasteiger charge is -2.37. The van der Waals surface area contributed by atoms with Gasteiger partial charge in [-0.1, -0.05) is 25.7 Å². The summed E-state index contributed by atoms with van der Waals surface area (Å²) >= 11 is 1.60. The Hall–Kier alpha value is -0.900. The van der Waals surface area contributed by atoms with Crippen LogP contribution in [0.4, 0.5) is 5.13 Å². The number of hydrogen-bond acceptors (Lipinski definition) is 3. The molecule has 1 heterocycles. The minimum absolute atomic E-state index is 0.274. The van der Waals surface area contributed by atoms with Gasteiger partial charge in [0.25, 0.3) is 0 Å². The molecule has 1 aromatic heterocycles. The van der Waals surface area contributed by atoms with Crippen LogP contribution in [-0.2, 0) is 4.79 Å². The van der Waals surface area contributed by atoms with E-state index in [1.165, 1.54) is 25.7 Å². The molecule has 0 aromatic carbocycles. The molecule has 0 atom stereocenters. The van der Waals surface area contributed by atoms with E-state index in [4.69, 9.17) is 0 Å². The number of carbonyl (C=O) groups is 1. The summed E-state index contributed by atoms with van der Waals surface area (Å²) in [4.78, 5) is 19.0. The number of thiazole rings is 1. The standard InChI is InChI=1S/C14H20N2OS/c17-13(11-5-4-6-11)16(14-15-9-10-18-14)12-7-2-1-3-8-12/h9-12H,1-8H2. The maximum Gasteiger partial charge on any atom is 0.232 e. The zero-order chi connectivity index (χ0) is 12.4. The third kappa shape index (κ3) is 2.30. The van der Waals surface area contributed by atoms with Gasteiger partial charge in [-0.2, -0.15) is 0 Å². The molecule has 3 rings (SSSR count). The van der Waals surface area contributed by atoms with E-state index >= 15 is 0 Å². The van der Waals surface area contributed by atoms with Crippen LogP contribution < -0.4 is 4.90 Å². The minimum atomic E-state index is 0.274. The van der Waals surface area contributed by atoms with Gasteiger partial charge in [0.1, 0.15) is 0 Å². The van der Waals surface area contributed by atoms with Gasteiger partial charge < -0.3 is 0 Å². The van der Waals surface area contributed by atoms with Crippen LogP contribution in [0.5, 0.6) is 0 Å². The van der Waals surface area contributed by atoms with E-state index in [1.54, 1.807) is 11.3 Å². The lowest BCUT2D eigenvalue weighted by atomic mass is 9.83. The Labute approximate surface area is 112 Å². The van der Waals surface area contributed by atoms with Crippen LogP contribution in [0.15, 0.2) is 11.6 Å². The van der Waals surface area contributed by atoms with Crippen molar-refractivity contribution in [1.82, 2.24) is 4.98 Å². The fraction of sp³-hybridized carbons (Fsp3) is 0.714. The highest BCUT2D eigenvalue weighted by atomic mass is 32.1. The first-order chi connectivity index (χ1) is 8.86. The fourth-order valence-electron chi connectivity index (χ4n) is 2.96. The molecule has 1 amide bonds. The van der Waals surface area contributed by atoms with Gasteiger partial charge in [0.15, 0.2) is 5.13 Å². The second-order valence-electron chi connectivity index (χ2n) is 5.44. The Kier molecular flexibility index (Phi) is 3.64. The predicted octanol–water partition coefficient (Wildman–Crippen LogP) is 3.61.